The zero-order valence-electron chi connectivity index (χ0n) is 7.96. The summed E-state index contributed by atoms with van der Waals surface area (Å²) < 4.78 is 47.0. The maximum Gasteiger partial charge on any atom is 0.440 e. The summed E-state index contributed by atoms with van der Waals surface area (Å²) in [6, 6.07) is 0. The first-order valence-corrected chi connectivity index (χ1v) is 5.04. The van der Waals surface area contributed by atoms with E-state index in [2.05, 4.69) is 6.08 Å². The summed E-state index contributed by atoms with van der Waals surface area (Å²) in [6.45, 7) is 0.0721. The van der Waals surface area contributed by atoms with E-state index in [1.807, 2.05) is 6.08 Å². The molecular weight excluding hydrogens is 209 g/mol. The van der Waals surface area contributed by atoms with Crippen LogP contribution in [0.1, 0.15) is 12.8 Å². The van der Waals surface area contributed by atoms with E-state index < -0.39 is 18.1 Å². The molecule has 0 aromatic rings. The van der Waals surface area contributed by atoms with Crippen molar-refractivity contribution in [2.75, 3.05) is 6.61 Å². The largest absolute Gasteiger partial charge is 0.440 e. The fourth-order valence-corrected chi connectivity index (χ4v) is 2.87. The van der Waals surface area contributed by atoms with Gasteiger partial charge in [-0.3, -0.25) is 0 Å². The van der Waals surface area contributed by atoms with Crippen LogP contribution in [-0.2, 0) is 9.47 Å². The molecule has 2 bridgehead atoms. The van der Waals surface area contributed by atoms with Gasteiger partial charge in [0.25, 0.3) is 6.29 Å². The third-order valence-electron chi connectivity index (χ3n) is 3.54. The number of allylic oxidation sites excluding steroid dienone is 1. The SMILES string of the molecule is FC(F)(F)C1OCC2(CC3C=CC2C3)O1. The molecule has 1 aliphatic heterocycles. The zero-order valence-corrected chi connectivity index (χ0v) is 7.96. The summed E-state index contributed by atoms with van der Waals surface area (Å²) in [4.78, 5) is 0. The van der Waals surface area contributed by atoms with Gasteiger partial charge in [-0.25, -0.2) is 0 Å². The Labute approximate surface area is 85.0 Å². The minimum Gasteiger partial charge on any atom is -0.342 e. The highest BCUT2D eigenvalue weighted by Crippen LogP contribution is 2.52. The lowest BCUT2D eigenvalue weighted by atomic mass is 9.89. The molecule has 0 aromatic heterocycles. The van der Waals surface area contributed by atoms with Crippen LogP contribution in [0.2, 0.25) is 0 Å². The van der Waals surface area contributed by atoms with Gasteiger partial charge in [-0.2, -0.15) is 13.2 Å². The van der Waals surface area contributed by atoms with Gasteiger partial charge in [0.05, 0.1) is 6.61 Å². The molecule has 2 aliphatic carbocycles. The van der Waals surface area contributed by atoms with Gasteiger partial charge < -0.3 is 9.47 Å². The molecule has 2 nitrogen and oxygen atoms in total. The van der Waals surface area contributed by atoms with Crippen molar-refractivity contribution in [1.82, 2.24) is 0 Å². The minimum atomic E-state index is -4.41. The topological polar surface area (TPSA) is 18.5 Å². The quantitative estimate of drug-likeness (QED) is 0.583. The number of alkyl halides is 3. The molecule has 0 amide bonds. The van der Waals surface area contributed by atoms with Gasteiger partial charge in [0.1, 0.15) is 5.60 Å². The molecule has 3 rings (SSSR count). The molecular formula is C10H11F3O2. The summed E-state index contributed by atoms with van der Waals surface area (Å²) in [7, 11) is 0. The number of rotatable bonds is 0. The van der Waals surface area contributed by atoms with E-state index in [-0.39, 0.29) is 12.5 Å². The summed E-state index contributed by atoms with van der Waals surface area (Å²) in [5.41, 5.74) is -0.695. The van der Waals surface area contributed by atoms with Crippen molar-refractivity contribution >= 4 is 0 Å². The van der Waals surface area contributed by atoms with Crippen LogP contribution < -0.4 is 0 Å². The predicted molar refractivity (Wildman–Crippen MR) is 45.0 cm³/mol. The minimum absolute atomic E-state index is 0.0721. The Morgan fingerprint density at radius 2 is 2.07 bits per heavy atom. The highest BCUT2D eigenvalue weighted by atomic mass is 19.4. The van der Waals surface area contributed by atoms with E-state index in [9.17, 15) is 13.2 Å². The normalized spacial score (nSPS) is 48.3. The van der Waals surface area contributed by atoms with Crippen LogP contribution in [0.15, 0.2) is 12.2 Å². The highest BCUT2D eigenvalue weighted by Gasteiger charge is 2.59. The van der Waals surface area contributed by atoms with Crippen molar-refractivity contribution in [2.24, 2.45) is 11.8 Å². The third kappa shape index (κ3) is 1.33. The van der Waals surface area contributed by atoms with Crippen LogP contribution in [0.3, 0.4) is 0 Å². The monoisotopic (exact) mass is 220 g/mol. The molecule has 0 radical (unpaired) electrons. The van der Waals surface area contributed by atoms with Crippen LogP contribution in [0, 0.1) is 11.8 Å². The van der Waals surface area contributed by atoms with E-state index in [1.165, 1.54) is 0 Å². The summed E-state index contributed by atoms with van der Waals surface area (Å²) in [5, 5.41) is 0. The first-order valence-electron chi connectivity index (χ1n) is 5.04. The second-order valence-electron chi connectivity index (χ2n) is 4.56. The fraction of sp³-hybridized carbons (Fsp3) is 0.800. The van der Waals surface area contributed by atoms with Crippen molar-refractivity contribution in [3.8, 4) is 0 Å². The smallest absolute Gasteiger partial charge is 0.342 e. The lowest BCUT2D eigenvalue weighted by Crippen LogP contribution is -2.39. The molecule has 4 unspecified atom stereocenters. The molecule has 1 heterocycles. The van der Waals surface area contributed by atoms with Crippen molar-refractivity contribution in [2.45, 2.75) is 30.9 Å². The van der Waals surface area contributed by atoms with Gasteiger partial charge >= 0.3 is 6.18 Å². The molecule has 0 N–H and O–H groups in total. The highest BCUT2D eigenvalue weighted by molar-refractivity contribution is 5.18. The van der Waals surface area contributed by atoms with Crippen LogP contribution in [-0.4, -0.2) is 24.7 Å². The Hall–Kier alpha value is -0.550. The third-order valence-corrected chi connectivity index (χ3v) is 3.54. The van der Waals surface area contributed by atoms with Crippen LogP contribution in [0.25, 0.3) is 0 Å². The van der Waals surface area contributed by atoms with E-state index in [4.69, 9.17) is 9.47 Å². The van der Waals surface area contributed by atoms with Crippen molar-refractivity contribution in [3.05, 3.63) is 12.2 Å². The van der Waals surface area contributed by atoms with Gasteiger partial charge in [0.2, 0.25) is 0 Å². The number of halogens is 3. The second kappa shape index (κ2) is 2.77. The molecule has 3 aliphatic rings. The second-order valence-corrected chi connectivity index (χ2v) is 4.56. The first kappa shape index (κ1) is 9.66. The van der Waals surface area contributed by atoms with E-state index in [0.29, 0.717) is 12.3 Å². The Bertz CT molecular complexity index is 312. The predicted octanol–water partition coefficient (Wildman–Crippen LogP) is 2.26. The number of ether oxygens (including phenoxy) is 2. The summed E-state index contributed by atoms with van der Waals surface area (Å²) >= 11 is 0. The maximum absolute atomic E-state index is 12.4. The molecule has 2 fully saturated rings. The van der Waals surface area contributed by atoms with Crippen LogP contribution in [0.5, 0.6) is 0 Å². The lowest BCUT2D eigenvalue weighted by Gasteiger charge is -2.29. The number of hydrogen-bond donors (Lipinski definition) is 0. The van der Waals surface area contributed by atoms with Gasteiger partial charge in [0, 0.05) is 5.92 Å². The number of fused-ring (bicyclic) bond motifs is 3. The molecule has 0 aromatic carbocycles. The first-order chi connectivity index (χ1) is 7.00. The van der Waals surface area contributed by atoms with Gasteiger partial charge in [-0.1, -0.05) is 12.2 Å². The molecule has 84 valence electrons. The molecule has 1 spiro atoms. The average molecular weight is 220 g/mol. The molecule has 15 heavy (non-hydrogen) atoms. The molecule has 5 heteroatoms. The van der Waals surface area contributed by atoms with E-state index in [1.54, 1.807) is 0 Å². The molecule has 4 atom stereocenters. The van der Waals surface area contributed by atoms with Gasteiger partial charge in [0.15, 0.2) is 0 Å². The molecule has 1 saturated heterocycles. The Kier molecular flexibility index (Phi) is 1.78. The van der Waals surface area contributed by atoms with E-state index in [0.717, 1.165) is 6.42 Å². The van der Waals surface area contributed by atoms with Crippen LogP contribution >= 0.6 is 0 Å². The van der Waals surface area contributed by atoms with Crippen LogP contribution in [0.4, 0.5) is 13.2 Å². The fourth-order valence-electron chi connectivity index (χ4n) is 2.87. The summed E-state index contributed by atoms with van der Waals surface area (Å²) in [6.07, 6.45) is -0.814. The maximum atomic E-state index is 12.4. The average Bonchev–Trinajstić information content (AvgIpc) is 2.78. The van der Waals surface area contributed by atoms with Gasteiger partial charge in [-0.05, 0) is 18.8 Å². The summed E-state index contributed by atoms with van der Waals surface area (Å²) in [5.74, 6) is 0.487. The Morgan fingerprint density at radius 1 is 1.27 bits per heavy atom. The standard InChI is InChI=1S/C10H11F3O2/c11-10(12,13)8-14-5-9(15-8)4-6-1-2-7(9)3-6/h1-2,6-8H,3-5H2. The zero-order chi connectivity index (χ0) is 10.7. The van der Waals surface area contributed by atoms with E-state index >= 15 is 0 Å². The molecule has 1 saturated carbocycles. The van der Waals surface area contributed by atoms with Crippen molar-refractivity contribution < 1.29 is 22.6 Å². The Balaban J connectivity index is 1.79. The Morgan fingerprint density at radius 3 is 2.53 bits per heavy atom. The lowest BCUT2D eigenvalue weighted by molar-refractivity contribution is -0.285. The van der Waals surface area contributed by atoms with Crippen molar-refractivity contribution in [3.63, 3.8) is 0 Å². The van der Waals surface area contributed by atoms with Gasteiger partial charge in [-0.15, -0.1) is 0 Å². The number of hydrogen-bond acceptors (Lipinski definition) is 2. The van der Waals surface area contributed by atoms with Crippen molar-refractivity contribution in [1.29, 1.82) is 0 Å².